The van der Waals surface area contributed by atoms with Crippen molar-refractivity contribution in [1.82, 2.24) is 15.2 Å². The van der Waals surface area contributed by atoms with Gasteiger partial charge in [-0.1, -0.05) is 0 Å². The first-order valence-electron chi connectivity index (χ1n) is 7.79. The van der Waals surface area contributed by atoms with Crippen molar-refractivity contribution in [3.8, 4) is 0 Å². The lowest BCUT2D eigenvalue weighted by atomic mass is 10.1. The molecular weight excluding hydrogens is 264 g/mol. The molecule has 0 aliphatic carbocycles. The third-order valence-corrected chi connectivity index (χ3v) is 4.02. The van der Waals surface area contributed by atoms with E-state index >= 15 is 0 Å². The van der Waals surface area contributed by atoms with Gasteiger partial charge in [0, 0.05) is 44.5 Å². The van der Waals surface area contributed by atoms with Crippen molar-refractivity contribution in [3.05, 3.63) is 23.9 Å². The molecule has 21 heavy (non-hydrogen) atoms. The summed E-state index contributed by atoms with van der Waals surface area (Å²) in [5.74, 6) is 1.01. The molecule has 2 rings (SSSR count). The highest BCUT2D eigenvalue weighted by Crippen LogP contribution is 2.16. The van der Waals surface area contributed by atoms with Crippen LogP contribution in [0.5, 0.6) is 0 Å². The zero-order valence-electron chi connectivity index (χ0n) is 13.5. The maximum Gasteiger partial charge on any atom is 0.255 e. The number of carbonyl (C=O) groups excluding carboxylic acids is 1. The van der Waals surface area contributed by atoms with Gasteiger partial charge in [-0.2, -0.15) is 0 Å². The van der Waals surface area contributed by atoms with Crippen LogP contribution in [-0.4, -0.2) is 54.1 Å². The summed E-state index contributed by atoms with van der Waals surface area (Å²) in [4.78, 5) is 21.1. The van der Waals surface area contributed by atoms with E-state index in [9.17, 15) is 4.79 Å². The first-order chi connectivity index (χ1) is 10.0. The summed E-state index contributed by atoms with van der Waals surface area (Å²) in [6.07, 6.45) is 1.71. The summed E-state index contributed by atoms with van der Waals surface area (Å²) in [5.41, 5.74) is 0.673. The van der Waals surface area contributed by atoms with Gasteiger partial charge in [-0.15, -0.1) is 0 Å². The second-order valence-electron chi connectivity index (χ2n) is 5.84. The van der Waals surface area contributed by atoms with Gasteiger partial charge < -0.3 is 15.1 Å². The van der Waals surface area contributed by atoms with Crippen molar-refractivity contribution in [2.75, 3.05) is 31.1 Å². The third-order valence-electron chi connectivity index (χ3n) is 4.02. The van der Waals surface area contributed by atoms with Crippen molar-refractivity contribution < 1.29 is 4.79 Å². The molecule has 1 amide bonds. The summed E-state index contributed by atoms with van der Waals surface area (Å²) in [7, 11) is 0. The predicted molar refractivity (Wildman–Crippen MR) is 85.8 cm³/mol. The van der Waals surface area contributed by atoms with Crippen molar-refractivity contribution in [3.63, 3.8) is 0 Å². The van der Waals surface area contributed by atoms with E-state index in [1.54, 1.807) is 6.20 Å². The van der Waals surface area contributed by atoms with Crippen LogP contribution in [0.15, 0.2) is 18.3 Å². The molecule has 1 aromatic rings. The maximum absolute atomic E-state index is 12.5. The molecule has 1 aliphatic heterocycles. The maximum atomic E-state index is 12.5. The van der Waals surface area contributed by atoms with Crippen molar-refractivity contribution >= 4 is 11.7 Å². The smallest absolute Gasteiger partial charge is 0.255 e. The first-order valence-corrected chi connectivity index (χ1v) is 7.79. The molecule has 0 radical (unpaired) electrons. The van der Waals surface area contributed by atoms with Crippen LogP contribution in [0.4, 0.5) is 5.82 Å². The van der Waals surface area contributed by atoms with E-state index in [0.717, 1.165) is 32.0 Å². The fourth-order valence-electron chi connectivity index (χ4n) is 2.78. The summed E-state index contributed by atoms with van der Waals surface area (Å²) in [6.45, 7) is 11.9. The molecule has 0 aromatic carbocycles. The monoisotopic (exact) mass is 290 g/mol. The van der Waals surface area contributed by atoms with E-state index in [1.807, 2.05) is 17.0 Å². The Morgan fingerprint density at radius 3 is 2.81 bits per heavy atom. The second-order valence-corrected chi connectivity index (χ2v) is 5.84. The zero-order valence-corrected chi connectivity index (χ0v) is 13.5. The Bertz CT molecular complexity index is 472. The van der Waals surface area contributed by atoms with E-state index in [1.165, 1.54) is 0 Å². The van der Waals surface area contributed by atoms with Crippen LogP contribution in [0.2, 0.25) is 0 Å². The Morgan fingerprint density at radius 2 is 2.29 bits per heavy atom. The first kappa shape index (κ1) is 15.8. The number of rotatable bonds is 4. The zero-order chi connectivity index (χ0) is 15.4. The Morgan fingerprint density at radius 1 is 1.52 bits per heavy atom. The Labute approximate surface area is 127 Å². The van der Waals surface area contributed by atoms with E-state index in [-0.39, 0.29) is 11.9 Å². The van der Waals surface area contributed by atoms with Gasteiger partial charge in [0.05, 0.1) is 5.56 Å². The number of nitrogens with one attached hydrogen (secondary N) is 1. The number of anilines is 1. The average molecular weight is 290 g/mol. The van der Waals surface area contributed by atoms with Gasteiger partial charge in [-0.3, -0.25) is 4.79 Å². The van der Waals surface area contributed by atoms with E-state index in [4.69, 9.17) is 0 Å². The molecule has 5 nitrogen and oxygen atoms in total. The topological polar surface area (TPSA) is 48.5 Å². The molecule has 0 saturated carbocycles. The summed E-state index contributed by atoms with van der Waals surface area (Å²) in [5, 5.41) is 3.30. The van der Waals surface area contributed by atoms with Gasteiger partial charge in [0.25, 0.3) is 5.91 Å². The predicted octanol–water partition coefficient (Wildman–Crippen LogP) is 1.75. The summed E-state index contributed by atoms with van der Waals surface area (Å²) < 4.78 is 0. The highest BCUT2D eigenvalue weighted by atomic mass is 16.2. The van der Waals surface area contributed by atoms with Crippen molar-refractivity contribution in [1.29, 1.82) is 0 Å². The number of nitrogens with zero attached hydrogens (tertiary/aromatic N) is 3. The standard InChI is InChI=1S/C16H26N4O/c1-5-19(12(2)3)15-7-6-14(11-18-15)16(21)20-9-8-17-10-13(20)4/h6-7,11-13,17H,5,8-10H2,1-4H3/t13-/m1/s1. The minimum atomic E-state index is 0.0793. The lowest BCUT2D eigenvalue weighted by Gasteiger charge is -2.34. The minimum Gasteiger partial charge on any atom is -0.354 e. The lowest BCUT2D eigenvalue weighted by Crippen LogP contribution is -2.52. The van der Waals surface area contributed by atoms with E-state index in [0.29, 0.717) is 11.6 Å². The number of pyridine rings is 1. The van der Waals surface area contributed by atoms with Crippen LogP contribution in [0.1, 0.15) is 38.1 Å². The number of carbonyl (C=O) groups is 1. The highest BCUT2D eigenvalue weighted by Gasteiger charge is 2.24. The SMILES string of the molecule is CCN(c1ccc(C(=O)N2CCNC[C@H]2C)cn1)C(C)C. The Balaban J connectivity index is 2.12. The Kier molecular flexibility index (Phi) is 5.17. The van der Waals surface area contributed by atoms with Gasteiger partial charge >= 0.3 is 0 Å². The van der Waals surface area contributed by atoms with Crippen LogP contribution in [-0.2, 0) is 0 Å². The molecular formula is C16H26N4O. The van der Waals surface area contributed by atoms with Gasteiger partial charge in [-0.05, 0) is 39.8 Å². The van der Waals surface area contributed by atoms with Crippen LogP contribution in [0.25, 0.3) is 0 Å². The fourth-order valence-corrected chi connectivity index (χ4v) is 2.78. The molecule has 5 heteroatoms. The highest BCUT2D eigenvalue weighted by molar-refractivity contribution is 5.94. The molecule has 1 aromatic heterocycles. The van der Waals surface area contributed by atoms with Crippen LogP contribution in [0, 0.1) is 0 Å². The second kappa shape index (κ2) is 6.89. The van der Waals surface area contributed by atoms with Gasteiger partial charge in [0.2, 0.25) is 0 Å². The molecule has 116 valence electrons. The number of hydrogen-bond acceptors (Lipinski definition) is 4. The number of aromatic nitrogens is 1. The number of hydrogen-bond donors (Lipinski definition) is 1. The van der Waals surface area contributed by atoms with Gasteiger partial charge in [0.1, 0.15) is 5.82 Å². The lowest BCUT2D eigenvalue weighted by molar-refractivity contribution is 0.0655. The fraction of sp³-hybridized carbons (Fsp3) is 0.625. The van der Waals surface area contributed by atoms with E-state index in [2.05, 4.69) is 42.9 Å². The minimum absolute atomic E-state index is 0.0793. The molecule has 1 saturated heterocycles. The van der Waals surface area contributed by atoms with Crippen molar-refractivity contribution in [2.24, 2.45) is 0 Å². The normalized spacial score (nSPS) is 18.9. The quantitative estimate of drug-likeness (QED) is 0.918. The largest absolute Gasteiger partial charge is 0.354 e. The Hall–Kier alpha value is -1.62. The summed E-state index contributed by atoms with van der Waals surface area (Å²) >= 11 is 0. The van der Waals surface area contributed by atoms with E-state index < -0.39 is 0 Å². The van der Waals surface area contributed by atoms with Crippen molar-refractivity contribution in [2.45, 2.75) is 39.8 Å². The molecule has 0 spiro atoms. The molecule has 0 unspecified atom stereocenters. The molecule has 2 heterocycles. The molecule has 0 bridgehead atoms. The molecule has 1 aliphatic rings. The van der Waals surface area contributed by atoms with Gasteiger partial charge in [0.15, 0.2) is 0 Å². The number of amides is 1. The molecule has 1 fully saturated rings. The van der Waals surface area contributed by atoms with Gasteiger partial charge in [-0.25, -0.2) is 4.98 Å². The van der Waals surface area contributed by atoms with Crippen LogP contribution >= 0.6 is 0 Å². The van der Waals surface area contributed by atoms with Crippen LogP contribution < -0.4 is 10.2 Å². The molecule has 1 atom stereocenters. The number of piperazine rings is 1. The third kappa shape index (κ3) is 3.53. The molecule has 1 N–H and O–H groups in total. The van der Waals surface area contributed by atoms with Crippen LogP contribution in [0.3, 0.4) is 0 Å². The average Bonchev–Trinajstić information content (AvgIpc) is 2.48. The summed E-state index contributed by atoms with van der Waals surface area (Å²) in [6, 6.07) is 4.47.